The number of aromatic nitrogens is 3. The molecular weight excluding hydrogens is 406 g/mol. The molecule has 31 heavy (non-hydrogen) atoms. The zero-order chi connectivity index (χ0) is 22.8. The molecule has 2 aromatic carbocycles. The molecule has 0 aliphatic carbocycles. The van der Waals surface area contributed by atoms with Crippen LogP contribution in [0.4, 0.5) is 0 Å². The van der Waals surface area contributed by atoms with Gasteiger partial charge in [0.25, 0.3) is 0 Å². The summed E-state index contributed by atoms with van der Waals surface area (Å²) in [5.74, 6) is 1.57. The molecule has 1 N–H and O–H groups in total. The van der Waals surface area contributed by atoms with Gasteiger partial charge in [-0.1, -0.05) is 39.9 Å². The highest BCUT2D eigenvalue weighted by molar-refractivity contribution is 6.82. The predicted octanol–water partition coefficient (Wildman–Crippen LogP) is 5.63. The van der Waals surface area contributed by atoms with Gasteiger partial charge in [0.1, 0.15) is 34.0 Å². The SMILES string of the molecule is C=C[Si](C)(C)CCCOc1cc(-n2nc3ccc(OC)cc3n2)c(O)c(C(C)(C)C)c1. The Kier molecular flexibility index (Phi) is 6.45. The molecule has 6 nitrogen and oxygen atoms in total. The summed E-state index contributed by atoms with van der Waals surface area (Å²) in [6.07, 6.45) is 0.968. The van der Waals surface area contributed by atoms with Crippen molar-refractivity contribution in [2.24, 2.45) is 0 Å². The molecule has 0 aliphatic rings. The summed E-state index contributed by atoms with van der Waals surface area (Å²) in [5.41, 5.74) is 4.55. The Morgan fingerprint density at radius 2 is 1.81 bits per heavy atom. The molecule has 0 saturated carbocycles. The van der Waals surface area contributed by atoms with E-state index in [-0.39, 0.29) is 11.2 Å². The molecule has 0 aliphatic heterocycles. The van der Waals surface area contributed by atoms with E-state index >= 15 is 0 Å². The lowest BCUT2D eigenvalue weighted by Gasteiger charge is -2.23. The Hall–Kier alpha value is -2.80. The Morgan fingerprint density at radius 1 is 1.10 bits per heavy atom. The maximum absolute atomic E-state index is 11.1. The van der Waals surface area contributed by atoms with Crippen molar-refractivity contribution in [3.05, 3.63) is 48.2 Å². The predicted molar refractivity (Wildman–Crippen MR) is 128 cm³/mol. The highest BCUT2D eigenvalue weighted by Gasteiger charge is 2.24. The summed E-state index contributed by atoms with van der Waals surface area (Å²) in [7, 11) is 0.271. The molecule has 0 amide bonds. The van der Waals surface area contributed by atoms with Gasteiger partial charge in [-0.15, -0.1) is 27.3 Å². The van der Waals surface area contributed by atoms with E-state index < -0.39 is 8.07 Å². The molecule has 0 fully saturated rings. The largest absolute Gasteiger partial charge is 0.505 e. The third-order valence-corrected chi connectivity index (χ3v) is 8.21. The average molecular weight is 440 g/mol. The van der Waals surface area contributed by atoms with Crippen molar-refractivity contribution >= 4 is 19.1 Å². The second kappa shape index (κ2) is 8.75. The first-order chi connectivity index (χ1) is 14.5. The number of benzene rings is 2. The van der Waals surface area contributed by atoms with Crippen molar-refractivity contribution in [3.63, 3.8) is 0 Å². The van der Waals surface area contributed by atoms with E-state index in [0.717, 1.165) is 23.5 Å². The van der Waals surface area contributed by atoms with Crippen LogP contribution in [0.2, 0.25) is 19.1 Å². The summed E-state index contributed by atoms with van der Waals surface area (Å²) in [5, 5.41) is 20.2. The minimum Gasteiger partial charge on any atom is -0.505 e. The second-order valence-corrected chi connectivity index (χ2v) is 14.5. The molecule has 1 heterocycles. The van der Waals surface area contributed by atoms with Gasteiger partial charge in [-0.3, -0.25) is 0 Å². The van der Waals surface area contributed by atoms with Gasteiger partial charge in [0.05, 0.1) is 21.8 Å². The fourth-order valence-corrected chi connectivity index (χ4v) is 4.61. The van der Waals surface area contributed by atoms with Gasteiger partial charge >= 0.3 is 0 Å². The first kappa shape index (κ1) is 22.9. The van der Waals surface area contributed by atoms with Gasteiger partial charge in [0, 0.05) is 17.7 Å². The highest BCUT2D eigenvalue weighted by atomic mass is 28.3. The number of methoxy groups -OCH3 is 1. The van der Waals surface area contributed by atoms with Gasteiger partial charge in [-0.2, -0.15) is 0 Å². The lowest BCUT2D eigenvalue weighted by molar-refractivity contribution is 0.314. The summed E-state index contributed by atoms with van der Waals surface area (Å²) in [4.78, 5) is 1.47. The molecule has 0 radical (unpaired) electrons. The number of ether oxygens (including phenoxy) is 2. The van der Waals surface area contributed by atoms with E-state index in [2.05, 4.69) is 56.3 Å². The summed E-state index contributed by atoms with van der Waals surface area (Å²) in [6, 6.07) is 10.4. The van der Waals surface area contributed by atoms with Crippen LogP contribution in [0.5, 0.6) is 17.2 Å². The van der Waals surface area contributed by atoms with E-state index in [1.807, 2.05) is 24.3 Å². The minimum atomic E-state index is -1.35. The quantitative estimate of drug-likeness (QED) is 0.364. The Balaban J connectivity index is 1.95. The Labute approximate surface area is 185 Å². The standard InChI is InChI=1S/C24H33N3O3Si/c1-8-31(6,7)13-9-12-30-18-14-19(24(2,3)4)23(28)22(16-18)27-25-20-11-10-17(29-5)15-21(20)26-27/h8,10-11,14-16,28H,1,9,12-13H2,2-7H3. The second-order valence-electron chi connectivity index (χ2n) is 9.58. The molecule has 0 saturated heterocycles. The number of rotatable bonds is 8. The molecule has 7 heteroatoms. The fraction of sp³-hybridized carbons (Fsp3) is 0.417. The van der Waals surface area contributed by atoms with Gasteiger partial charge in [-0.25, -0.2) is 0 Å². The lowest BCUT2D eigenvalue weighted by atomic mass is 9.86. The van der Waals surface area contributed by atoms with E-state index in [1.165, 1.54) is 4.80 Å². The van der Waals surface area contributed by atoms with Crippen LogP contribution in [0.15, 0.2) is 42.6 Å². The first-order valence-electron chi connectivity index (χ1n) is 10.6. The number of hydrogen-bond donors (Lipinski definition) is 1. The molecule has 3 aromatic rings. The molecule has 1 aromatic heterocycles. The fourth-order valence-electron chi connectivity index (χ4n) is 3.35. The van der Waals surface area contributed by atoms with Crippen LogP contribution >= 0.6 is 0 Å². The van der Waals surface area contributed by atoms with Crippen LogP contribution < -0.4 is 9.47 Å². The highest BCUT2D eigenvalue weighted by Crippen LogP contribution is 2.38. The van der Waals surface area contributed by atoms with E-state index in [4.69, 9.17) is 9.47 Å². The number of nitrogens with zero attached hydrogens (tertiary/aromatic N) is 3. The molecule has 0 bridgehead atoms. The monoisotopic (exact) mass is 439 g/mol. The Bertz CT molecular complexity index is 1080. The van der Waals surface area contributed by atoms with Crippen molar-refractivity contribution in [1.82, 2.24) is 15.0 Å². The number of hydrogen-bond acceptors (Lipinski definition) is 5. The number of aromatic hydroxyl groups is 1. The van der Waals surface area contributed by atoms with Gasteiger partial charge in [-0.05, 0) is 30.0 Å². The normalized spacial score (nSPS) is 12.2. The van der Waals surface area contributed by atoms with E-state index in [1.54, 1.807) is 13.2 Å². The zero-order valence-corrected chi connectivity index (χ0v) is 20.4. The Morgan fingerprint density at radius 3 is 2.45 bits per heavy atom. The van der Waals surface area contributed by atoms with Crippen molar-refractivity contribution in [3.8, 4) is 22.9 Å². The van der Waals surface area contributed by atoms with Crippen LogP contribution in [-0.4, -0.2) is 41.9 Å². The van der Waals surface area contributed by atoms with Gasteiger partial charge in [0.15, 0.2) is 0 Å². The van der Waals surface area contributed by atoms with Crippen molar-refractivity contribution < 1.29 is 14.6 Å². The molecule has 0 spiro atoms. The summed E-state index contributed by atoms with van der Waals surface area (Å²) >= 11 is 0. The van der Waals surface area contributed by atoms with Crippen LogP contribution in [0.25, 0.3) is 16.7 Å². The van der Waals surface area contributed by atoms with Crippen molar-refractivity contribution in [2.75, 3.05) is 13.7 Å². The molecule has 0 unspecified atom stereocenters. The maximum atomic E-state index is 11.1. The van der Waals surface area contributed by atoms with Crippen molar-refractivity contribution in [2.45, 2.75) is 51.7 Å². The number of fused-ring (bicyclic) bond motifs is 1. The molecular formula is C24H33N3O3Si. The summed E-state index contributed by atoms with van der Waals surface area (Å²) < 4.78 is 11.4. The van der Waals surface area contributed by atoms with Crippen molar-refractivity contribution in [1.29, 1.82) is 0 Å². The maximum Gasteiger partial charge on any atom is 0.147 e. The number of phenols is 1. The minimum absolute atomic E-state index is 0.160. The van der Waals surface area contributed by atoms with E-state index in [9.17, 15) is 5.11 Å². The molecule has 3 rings (SSSR count). The van der Waals surface area contributed by atoms with Crippen LogP contribution in [-0.2, 0) is 5.41 Å². The topological polar surface area (TPSA) is 69.4 Å². The lowest BCUT2D eigenvalue weighted by Crippen LogP contribution is -2.22. The van der Waals surface area contributed by atoms with Gasteiger partial charge in [0.2, 0.25) is 0 Å². The molecule has 166 valence electrons. The molecule has 0 atom stereocenters. The van der Waals surface area contributed by atoms with Crippen LogP contribution in [0.1, 0.15) is 32.8 Å². The third-order valence-electron chi connectivity index (χ3n) is 5.46. The smallest absolute Gasteiger partial charge is 0.147 e. The average Bonchev–Trinajstić information content (AvgIpc) is 3.14. The van der Waals surface area contributed by atoms with Crippen LogP contribution in [0.3, 0.4) is 0 Å². The van der Waals surface area contributed by atoms with Crippen LogP contribution in [0, 0.1) is 0 Å². The first-order valence-corrected chi connectivity index (χ1v) is 13.9. The zero-order valence-electron chi connectivity index (χ0n) is 19.4. The third kappa shape index (κ3) is 5.28. The van der Waals surface area contributed by atoms with E-state index in [0.29, 0.717) is 29.3 Å². The van der Waals surface area contributed by atoms with Gasteiger partial charge < -0.3 is 14.6 Å². The number of phenolic OH excluding ortho intramolecular Hbond substituents is 1. The summed E-state index contributed by atoms with van der Waals surface area (Å²) in [6.45, 7) is 15.4.